The molecule has 2 aromatic carbocycles. The second kappa shape index (κ2) is 18.5. The number of allylic oxidation sites excluding steroid dienone is 1. The molecule has 1 aromatic heterocycles. The Bertz CT molecular complexity index is 2530. The number of benzene rings is 2. The molecule has 7 atom stereocenters. The van der Waals surface area contributed by atoms with Crippen molar-refractivity contribution >= 4 is 44.6 Å². The molecule has 3 fully saturated rings. The third-order valence-electron chi connectivity index (χ3n) is 13.4. The van der Waals surface area contributed by atoms with Crippen molar-refractivity contribution in [2.45, 2.75) is 140 Å². The summed E-state index contributed by atoms with van der Waals surface area (Å²) < 4.78 is 92.3. The van der Waals surface area contributed by atoms with Crippen LogP contribution >= 0.6 is 0 Å². The monoisotopic (exact) mass is 955 g/mol. The van der Waals surface area contributed by atoms with Gasteiger partial charge in [0.2, 0.25) is 33.3 Å². The van der Waals surface area contributed by atoms with Crippen molar-refractivity contribution in [2.24, 2.45) is 17.8 Å². The second-order valence-corrected chi connectivity index (χ2v) is 21.8. The number of ether oxygens (including phenoxy) is 4. The zero-order valence-electron chi connectivity index (χ0n) is 39.0. The summed E-state index contributed by atoms with van der Waals surface area (Å²) in [6.07, 6.45) is -1.60. The van der Waals surface area contributed by atoms with Crippen LogP contribution in [0.2, 0.25) is 0 Å². The smallest absolute Gasteiger partial charge is 0.427 e. The number of alkyl carbamates (subject to hydrolysis) is 1. The average molecular weight is 956 g/mol. The fourth-order valence-electron chi connectivity index (χ4n) is 8.75. The van der Waals surface area contributed by atoms with E-state index in [2.05, 4.69) is 15.4 Å². The molecule has 15 nitrogen and oxygen atoms in total. The van der Waals surface area contributed by atoms with E-state index >= 15 is 4.79 Å². The van der Waals surface area contributed by atoms with Crippen LogP contribution in [0, 0.1) is 17.8 Å². The van der Waals surface area contributed by atoms with E-state index in [4.69, 9.17) is 23.9 Å². The van der Waals surface area contributed by atoms with E-state index in [0.717, 1.165) is 5.56 Å². The average Bonchev–Trinajstić information content (AvgIpc) is 4.13. The van der Waals surface area contributed by atoms with Gasteiger partial charge in [-0.3, -0.25) is 19.1 Å². The molecule has 2 aliphatic heterocycles. The van der Waals surface area contributed by atoms with E-state index in [-0.39, 0.29) is 37.3 Å². The summed E-state index contributed by atoms with van der Waals surface area (Å²) in [5, 5.41) is 6.52. The Hall–Kier alpha value is -5.59. The number of rotatable bonds is 11. The lowest BCUT2D eigenvalue weighted by Gasteiger charge is -2.34. The maximum atomic E-state index is 15.0. The van der Waals surface area contributed by atoms with E-state index in [0.29, 0.717) is 73.9 Å². The van der Waals surface area contributed by atoms with Gasteiger partial charge in [-0.25, -0.2) is 18.2 Å². The molecule has 2 saturated carbocycles. The molecule has 0 bridgehead atoms. The number of halogens is 3. The van der Waals surface area contributed by atoms with Crippen LogP contribution in [-0.2, 0) is 29.1 Å². The van der Waals surface area contributed by atoms with Gasteiger partial charge >= 0.3 is 12.3 Å². The largest absolute Gasteiger partial charge is 0.497 e. The normalized spacial score (nSPS) is 27.1. The molecule has 0 radical (unpaired) electrons. The van der Waals surface area contributed by atoms with Gasteiger partial charge in [0.15, 0.2) is 0 Å². The number of carbonyl (C=O) groups excluding carboxylic acids is 4. The summed E-state index contributed by atoms with van der Waals surface area (Å²) >= 11 is 0. The minimum atomic E-state index is -4.93. The first-order valence-electron chi connectivity index (χ1n) is 22.7. The number of carbonyl (C=O) groups is 4. The number of methoxy groups -OCH3 is 1. The SMILES string of the molecule is COc1ccc2c(O[C@@H]3C[C@H]4C(=O)N[C@]5(C(=O)NS(=O)(=O)C6(C)CC6)C[C@H]5/C=C\CC[C@@H](C)C[C@@H](C)[C@H](NC(=O)OC(C)(C)C(F)(F)F)C(=O)N4C3)nc(-c3ccc(OC(C)C)cc3)cc2c1. The van der Waals surface area contributed by atoms with Gasteiger partial charge in [0.25, 0.3) is 5.91 Å². The standard InChI is InChI=1S/C48H60F3N5O10S/c1-27(2)64-33-15-13-30(14-16-33)37-23-31-22-34(63-8)17-18-36(31)41(52-37)65-35-24-38-40(57)54-47(43(59)55-67(61,62)46(7)19-20-46)25-32(47)12-10-9-11-28(3)21-29(4)39(42(58)56(38)26-35)53-44(60)66-45(5,6)48(49,50)51/h10,12-18,22-23,27-29,32,35,38-39H,9,11,19-21,24-26H2,1-8H3,(H,53,60)(H,54,57)(H,55,59)/b12-10-/t28-,29-,32-,35-,38+,39+,47-/m1/s1. The van der Waals surface area contributed by atoms with E-state index in [9.17, 15) is 36.0 Å². The lowest BCUT2D eigenvalue weighted by molar-refractivity contribution is -0.244. The molecule has 7 rings (SSSR count). The Morgan fingerprint density at radius 2 is 1.69 bits per heavy atom. The fraction of sp³-hybridized carbons (Fsp3) is 0.562. The van der Waals surface area contributed by atoms with Gasteiger partial charge in [-0.1, -0.05) is 26.0 Å². The van der Waals surface area contributed by atoms with Crippen LogP contribution in [0.3, 0.4) is 0 Å². The summed E-state index contributed by atoms with van der Waals surface area (Å²) in [6, 6.07) is 11.7. The number of fused-ring (bicyclic) bond motifs is 3. The van der Waals surface area contributed by atoms with Crippen LogP contribution in [0.25, 0.3) is 22.0 Å². The fourth-order valence-corrected chi connectivity index (χ4v) is 10.1. The molecule has 0 spiro atoms. The summed E-state index contributed by atoms with van der Waals surface area (Å²) in [6.45, 7) is 10.1. The number of hydrogen-bond donors (Lipinski definition) is 3. The third kappa shape index (κ3) is 10.6. The topological polar surface area (TPSA) is 192 Å². The van der Waals surface area contributed by atoms with Crippen molar-refractivity contribution in [2.75, 3.05) is 13.7 Å². The van der Waals surface area contributed by atoms with Gasteiger partial charge in [0.1, 0.15) is 35.2 Å². The molecule has 0 unspecified atom stereocenters. The van der Waals surface area contributed by atoms with Crippen molar-refractivity contribution in [1.82, 2.24) is 25.2 Å². The highest BCUT2D eigenvalue weighted by Crippen LogP contribution is 2.48. The van der Waals surface area contributed by atoms with E-state index in [1.54, 1.807) is 25.1 Å². The molecule has 1 saturated heterocycles. The van der Waals surface area contributed by atoms with Gasteiger partial charge in [-0.15, -0.1) is 0 Å². The van der Waals surface area contributed by atoms with Crippen LogP contribution in [0.4, 0.5) is 18.0 Å². The van der Waals surface area contributed by atoms with E-state index in [1.165, 1.54) is 18.9 Å². The van der Waals surface area contributed by atoms with Crippen molar-refractivity contribution in [3.63, 3.8) is 0 Å². The number of hydrogen-bond acceptors (Lipinski definition) is 11. The zero-order valence-corrected chi connectivity index (χ0v) is 39.8. The predicted octanol–water partition coefficient (Wildman–Crippen LogP) is 7.37. The van der Waals surface area contributed by atoms with Crippen LogP contribution in [0.1, 0.15) is 93.4 Å². The lowest BCUT2D eigenvalue weighted by atomic mass is 9.88. The first-order valence-corrected chi connectivity index (χ1v) is 24.2. The van der Waals surface area contributed by atoms with Gasteiger partial charge in [0, 0.05) is 23.3 Å². The lowest BCUT2D eigenvalue weighted by Crippen LogP contribution is -2.59. The Labute approximate surface area is 388 Å². The number of nitrogens with zero attached hydrogens (tertiary/aromatic N) is 2. The minimum Gasteiger partial charge on any atom is -0.497 e. The van der Waals surface area contributed by atoms with Crippen LogP contribution in [0.15, 0.2) is 60.7 Å². The molecule has 19 heteroatoms. The minimum absolute atomic E-state index is 0.0443. The molecule has 4 amide bonds. The molecule has 3 aromatic rings. The summed E-state index contributed by atoms with van der Waals surface area (Å²) in [5.41, 5.74) is -3.33. The summed E-state index contributed by atoms with van der Waals surface area (Å²) in [5.74, 6) is -2.41. The van der Waals surface area contributed by atoms with Crippen LogP contribution < -0.4 is 29.6 Å². The van der Waals surface area contributed by atoms with Crippen molar-refractivity contribution in [3.8, 4) is 28.6 Å². The summed E-state index contributed by atoms with van der Waals surface area (Å²) in [4.78, 5) is 63.3. The highest BCUT2D eigenvalue weighted by molar-refractivity contribution is 7.91. The van der Waals surface area contributed by atoms with E-state index in [1.807, 2.05) is 63.2 Å². The molecule has 4 aliphatic rings. The highest BCUT2D eigenvalue weighted by atomic mass is 32.2. The van der Waals surface area contributed by atoms with E-state index < -0.39 is 85.9 Å². The quantitative estimate of drug-likeness (QED) is 0.163. The van der Waals surface area contributed by atoms with Crippen LogP contribution in [-0.4, -0.2) is 102 Å². The Morgan fingerprint density at radius 3 is 2.33 bits per heavy atom. The number of sulfonamides is 1. The maximum absolute atomic E-state index is 15.0. The van der Waals surface area contributed by atoms with Gasteiger partial charge in [-0.2, -0.15) is 13.2 Å². The van der Waals surface area contributed by atoms with Gasteiger partial charge in [-0.05, 0) is 139 Å². The number of amides is 4. The van der Waals surface area contributed by atoms with Crippen molar-refractivity contribution < 1.29 is 59.7 Å². The Morgan fingerprint density at radius 1 is 1.00 bits per heavy atom. The highest BCUT2D eigenvalue weighted by Gasteiger charge is 2.63. The second-order valence-electron chi connectivity index (χ2n) is 19.6. The van der Waals surface area contributed by atoms with Gasteiger partial charge in [0.05, 0.1) is 30.2 Å². The van der Waals surface area contributed by atoms with Gasteiger partial charge < -0.3 is 34.5 Å². The number of pyridine rings is 1. The Kier molecular flexibility index (Phi) is 13.6. The molecule has 364 valence electrons. The van der Waals surface area contributed by atoms with Crippen molar-refractivity contribution in [1.29, 1.82) is 0 Å². The molecule has 2 aliphatic carbocycles. The summed E-state index contributed by atoms with van der Waals surface area (Å²) in [7, 11) is -2.57. The molecule has 3 N–H and O–H groups in total. The first-order chi connectivity index (χ1) is 31.3. The molecule has 3 heterocycles. The first kappa shape index (κ1) is 49.3. The number of alkyl halides is 3. The number of aromatic nitrogens is 1. The molecule has 67 heavy (non-hydrogen) atoms. The van der Waals surface area contributed by atoms with Crippen molar-refractivity contribution in [3.05, 3.63) is 60.7 Å². The predicted molar refractivity (Wildman–Crippen MR) is 243 cm³/mol. The van der Waals surface area contributed by atoms with Crippen LogP contribution in [0.5, 0.6) is 17.4 Å². The third-order valence-corrected chi connectivity index (χ3v) is 15.5. The zero-order chi connectivity index (χ0) is 48.9. The Balaban J connectivity index is 1.26. The number of nitrogens with one attached hydrogen (secondary N) is 3. The molecular formula is C48H60F3N5O10S. The maximum Gasteiger partial charge on any atom is 0.427 e. The molecular weight excluding hydrogens is 896 g/mol.